The van der Waals surface area contributed by atoms with Crippen LogP contribution in [-0.2, 0) is 20.0 Å². The summed E-state index contributed by atoms with van der Waals surface area (Å²) < 4.78 is 64.7. The maximum Gasteiger partial charge on any atom is 0.240 e. The van der Waals surface area contributed by atoms with Gasteiger partial charge < -0.3 is 4.90 Å². The minimum atomic E-state index is -3.83. The van der Waals surface area contributed by atoms with Crippen molar-refractivity contribution < 1.29 is 21.2 Å². The van der Waals surface area contributed by atoms with Crippen molar-refractivity contribution >= 4 is 20.0 Å². The second kappa shape index (κ2) is 8.34. The first kappa shape index (κ1) is 21.0. The maximum atomic E-state index is 13.1. The Morgan fingerprint density at radius 2 is 1.71 bits per heavy atom. The van der Waals surface area contributed by atoms with Crippen molar-refractivity contribution in [3.05, 3.63) is 29.6 Å². The molecule has 0 bridgehead atoms. The van der Waals surface area contributed by atoms with Gasteiger partial charge in [-0.2, -0.15) is 4.31 Å². The number of hydrogen-bond acceptors (Lipinski definition) is 5. The highest BCUT2D eigenvalue weighted by Crippen LogP contribution is 2.15. The molecule has 0 aliphatic rings. The number of hydrogen-bond donors (Lipinski definition) is 1. The fourth-order valence-electron chi connectivity index (χ4n) is 2.05. The van der Waals surface area contributed by atoms with Gasteiger partial charge in [-0.1, -0.05) is 0 Å². The summed E-state index contributed by atoms with van der Waals surface area (Å²) in [5.41, 5.74) is 0.287. The Labute approximate surface area is 143 Å². The lowest BCUT2D eigenvalue weighted by molar-refractivity contribution is 0.336. The van der Waals surface area contributed by atoms with Gasteiger partial charge in [0.1, 0.15) is 5.82 Å². The molecule has 0 amide bonds. The van der Waals surface area contributed by atoms with E-state index in [0.29, 0.717) is 6.54 Å². The van der Waals surface area contributed by atoms with Crippen molar-refractivity contribution in [3.63, 3.8) is 0 Å². The van der Waals surface area contributed by atoms with E-state index in [0.717, 1.165) is 18.4 Å². The van der Waals surface area contributed by atoms with E-state index in [4.69, 9.17) is 0 Å². The Bertz CT molecular complexity index is 764. The van der Waals surface area contributed by atoms with Crippen molar-refractivity contribution in [2.45, 2.75) is 11.8 Å². The molecule has 7 nitrogen and oxygen atoms in total. The number of aryl methyl sites for hydroxylation is 1. The third-order valence-corrected chi connectivity index (χ3v) is 6.27. The number of nitrogens with zero attached hydrogens (tertiary/aromatic N) is 2. The van der Waals surface area contributed by atoms with Crippen molar-refractivity contribution in [2.24, 2.45) is 0 Å². The predicted octanol–water partition coefficient (Wildman–Crippen LogP) is 0.236. The fraction of sp³-hybridized carbons (Fsp3) is 0.571. The molecule has 0 aliphatic carbocycles. The lowest BCUT2D eigenvalue weighted by Gasteiger charge is -2.22. The molecule has 0 spiro atoms. The van der Waals surface area contributed by atoms with Gasteiger partial charge in [-0.05, 0) is 44.8 Å². The molecular weight excluding hydrogens is 357 g/mol. The highest BCUT2D eigenvalue weighted by atomic mass is 32.2. The summed E-state index contributed by atoms with van der Waals surface area (Å²) in [5.74, 6) is -0.515. The quantitative estimate of drug-likeness (QED) is 0.662. The lowest BCUT2D eigenvalue weighted by Crippen LogP contribution is -2.41. The summed E-state index contributed by atoms with van der Waals surface area (Å²) >= 11 is 0. The first-order valence-electron chi connectivity index (χ1n) is 7.29. The van der Waals surface area contributed by atoms with Crippen molar-refractivity contribution in [3.8, 4) is 0 Å². The van der Waals surface area contributed by atoms with Crippen LogP contribution in [0, 0.1) is 12.7 Å². The summed E-state index contributed by atoms with van der Waals surface area (Å²) in [6.45, 7) is 2.24. The van der Waals surface area contributed by atoms with Gasteiger partial charge in [-0.3, -0.25) is 0 Å². The van der Waals surface area contributed by atoms with Crippen LogP contribution in [0.15, 0.2) is 23.1 Å². The molecule has 0 aromatic heterocycles. The Balaban J connectivity index is 2.75. The molecule has 0 heterocycles. The van der Waals surface area contributed by atoms with E-state index in [2.05, 4.69) is 4.72 Å². The number of benzene rings is 1. The van der Waals surface area contributed by atoms with Crippen molar-refractivity contribution in [1.82, 2.24) is 13.9 Å². The smallest absolute Gasteiger partial charge is 0.240 e. The molecule has 0 aliphatic heterocycles. The first-order chi connectivity index (χ1) is 10.9. The van der Waals surface area contributed by atoms with Gasteiger partial charge in [0.15, 0.2) is 0 Å². The summed E-state index contributed by atoms with van der Waals surface area (Å²) in [7, 11) is -3.62. The van der Waals surface area contributed by atoms with Crippen LogP contribution in [0.1, 0.15) is 5.56 Å². The Kier molecular flexibility index (Phi) is 7.29. The normalized spacial score (nSPS) is 13.0. The molecule has 1 rings (SSSR count). The number of halogens is 1. The molecule has 0 radical (unpaired) electrons. The Hall–Kier alpha value is -1.07. The molecule has 138 valence electrons. The average molecular weight is 381 g/mol. The van der Waals surface area contributed by atoms with E-state index in [-0.39, 0.29) is 30.1 Å². The van der Waals surface area contributed by atoms with Crippen LogP contribution in [-0.4, -0.2) is 72.6 Å². The van der Waals surface area contributed by atoms with Crippen LogP contribution in [0.25, 0.3) is 0 Å². The van der Waals surface area contributed by atoms with Gasteiger partial charge in [-0.15, -0.1) is 0 Å². The number of sulfonamides is 2. The standard InChI is InChI=1S/C14H24FN3O4S2/c1-12-11-13(15)5-6-14(12)24(21,22)16-7-8-18(23(4,19)20)10-9-17(2)3/h5-6,11,16H,7-10H2,1-4H3. The summed E-state index contributed by atoms with van der Waals surface area (Å²) in [6.07, 6.45) is 1.08. The molecule has 0 saturated heterocycles. The topological polar surface area (TPSA) is 86.8 Å². The van der Waals surface area contributed by atoms with E-state index in [1.807, 2.05) is 19.0 Å². The van der Waals surface area contributed by atoms with Gasteiger partial charge in [0, 0.05) is 26.2 Å². The molecule has 10 heteroatoms. The van der Waals surface area contributed by atoms with Gasteiger partial charge in [0.25, 0.3) is 0 Å². The Morgan fingerprint density at radius 1 is 1.08 bits per heavy atom. The van der Waals surface area contributed by atoms with E-state index in [1.165, 1.54) is 17.3 Å². The zero-order valence-corrected chi connectivity index (χ0v) is 15.9. The van der Waals surface area contributed by atoms with Crippen LogP contribution >= 0.6 is 0 Å². The molecule has 1 N–H and O–H groups in total. The van der Waals surface area contributed by atoms with Gasteiger partial charge in [0.05, 0.1) is 11.2 Å². The minimum absolute atomic E-state index is 0.0200. The van der Waals surface area contributed by atoms with Crippen LogP contribution in [0.5, 0.6) is 0 Å². The second-order valence-electron chi connectivity index (χ2n) is 5.77. The molecule has 0 unspecified atom stereocenters. The predicted molar refractivity (Wildman–Crippen MR) is 91.3 cm³/mol. The molecule has 0 atom stereocenters. The fourth-order valence-corrected chi connectivity index (χ4v) is 4.13. The molecule has 1 aromatic rings. The SMILES string of the molecule is Cc1cc(F)ccc1S(=O)(=O)NCCN(CCN(C)C)S(C)(=O)=O. The van der Waals surface area contributed by atoms with Gasteiger partial charge in [-0.25, -0.2) is 25.9 Å². The van der Waals surface area contributed by atoms with Crippen LogP contribution < -0.4 is 4.72 Å². The largest absolute Gasteiger partial charge is 0.308 e. The summed E-state index contributed by atoms with van der Waals surface area (Å²) in [6, 6.07) is 3.39. The number of rotatable bonds is 9. The minimum Gasteiger partial charge on any atom is -0.308 e. The zero-order chi connectivity index (χ0) is 18.5. The highest BCUT2D eigenvalue weighted by molar-refractivity contribution is 7.89. The Morgan fingerprint density at radius 3 is 2.21 bits per heavy atom. The third-order valence-electron chi connectivity index (χ3n) is 3.35. The van der Waals surface area contributed by atoms with Crippen molar-refractivity contribution in [2.75, 3.05) is 46.5 Å². The zero-order valence-electron chi connectivity index (χ0n) is 14.3. The highest BCUT2D eigenvalue weighted by Gasteiger charge is 2.20. The van der Waals surface area contributed by atoms with E-state index in [9.17, 15) is 21.2 Å². The summed E-state index contributed by atoms with van der Waals surface area (Å²) in [5, 5.41) is 0. The monoisotopic (exact) mass is 381 g/mol. The first-order valence-corrected chi connectivity index (χ1v) is 10.6. The second-order valence-corrected chi connectivity index (χ2v) is 9.49. The maximum absolute atomic E-state index is 13.1. The van der Waals surface area contributed by atoms with Gasteiger partial charge >= 0.3 is 0 Å². The average Bonchev–Trinajstić information content (AvgIpc) is 2.40. The van der Waals surface area contributed by atoms with Crippen LogP contribution in [0.4, 0.5) is 4.39 Å². The molecule has 1 aromatic carbocycles. The van der Waals surface area contributed by atoms with Crippen LogP contribution in [0.3, 0.4) is 0 Å². The number of likely N-dealkylation sites (N-methyl/N-ethyl adjacent to an activating group) is 1. The van der Waals surface area contributed by atoms with E-state index in [1.54, 1.807) is 0 Å². The summed E-state index contributed by atoms with van der Waals surface area (Å²) in [4.78, 5) is 1.81. The van der Waals surface area contributed by atoms with E-state index < -0.39 is 25.9 Å². The molecular formula is C14H24FN3O4S2. The van der Waals surface area contributed by atoms with E-state index >= 15 is 0 Å². The third kappa shape index (κ3) is 6.44. The molecule has 0 saturated carbocycles. The molecule has 24 heavy (non-hydrogen) atoms. The van der Waals surface area contributed by atoms with Gasteiger partial charge in [0.2, 0.25) is 20.0 Å². The number of nitrogens with one attached hydrogen (secondary N) is 1. The lowest BCUT2D eigenvalue weighted by atomic mass is 10.2. The van der Waals surface area contributed by atoms with Crippen molar-refractivity contribution in [1.29, 1.82) is 0 Å². The van der Waals surface area contributed by atoms with Crippen LogP contribution in [0.2, 0.25) is 0 Å². The molecule has 0 fully saturated rings.